The van der Waals surface area contributed by atoms with E-state index >= 15 is 0 Å². The number of carbonyl (C=O) groups excluding carboxylic acids is 2. The molecule has 1 unspecified atom stereocenters. The molecule has 1 fully saturated rings. The van der Waals surface area contributed by atoms with Crippen molar-refractivity contribution in [1.82, 2.24) is 0 Å². The molecule has 1 atom stereocenters. The number of esters is 1. The number of allylic oxidation sites excluding steroid dienone is 2. The van der Waals surface area contributed by atoms with Crippen molar-refractivity contribution in [2.24, 2.45) is 5.41 Å². The summed E-state index contributed by atoms with van der Waals surface area (Å²) in [6.07, 6.45) is 9.91. The van der Waals surface area contributed by atoms with Crippen LogP contribution in [0.1, 0.15) is 45.4 Å². The summed E-state index contributed by atoms with van der Waals surface area (Å²) in [5, 5.41) is 0. The van der Waals surface area contributed by atoms with Crippen molar-refractivity contribution >= 4 is 11.8 Å². The minimum absolute atomic E-state index is 0.0257. The lowest BCUT2D eigenvalue weighted by Gasteiger charge is -2.23. The SMILES string of the molecule is C=CCOC(=O)C1(CC=CCCC)CCCC1=O. The molecule has 3 nitrogen and oxygen atoms in total. The average molecular weight is 250 g/mol. The number of Topliss-reactive ketones (excluding diaryl/α,β-unsaturated/α-hetero) is 1. The van der Waals surface area contributed by atoms with E-state index < -0.39 is 5.41 Å². The van der Waals surface area contributed by atoms with E-state index in [0.717, 1.165) is 19.3 Å². The van der Waals surface area contributed by atoms with Crippen molar-refractivity contribution in [2.75, 3.05) is 6.61 Å². The topological polar surface area (TPSA) is 43.4 Å². The van der Waals surface area contributed by atoms with Gasteiger partial charge < -0.3 is 4.74 Å². The molecule has 0 saturated heterocycles. The maximum atomic E-state index is 12.1. The van der Waals surface area contributed by atoms with E-state index in [2.05, 4.69) is 13.5 Å². The number of hydrogen-bond acceptors (Lipinski definition) is 3. The molecule has 0 aliphatic heterocycles. The molecule has 0 amide bonds. The lowest BCUT2D eigenvalue weighted by atomic mass is 9.81. The van der Waals surface area contributed by atoms with Gasteiger partial charge in [-0.2, -0.15) is 0 Å². The number of unbranched alkanes of at least 4 members (excludes halogenated alkanes) is 1. The van der Waals surface area contributed by atoms with E-state index in [-0.39, 0.29) is 18.4 Å². The third-order valence-electron chi connectivity index (χ3n) is 3.35. The Bertz CT molecular complexity index is 344. The van der Waals surface area contributed by atoms with Gasteiger partial charge in [0, 0.05) is 6.42 Å². The van der Waals surface area contributed by atoms with Crippen LogP contribution in [0.2, 0.25) is 0 Å². The largest absolute Gasteiger partial charge is 0.461 e. The van der Waals surface area contributed by atoms with E-state index in [1.165, 1.54) is 6.08 Å². The molecule has 0 bridgehead atoms. The van der Waals surface area contributed by atoms with Gasteiger partial charge in [0.1, 0.15) is 12.0 Å². The van der Waals surface area contributed by atoms with Crippen molar-refractivity contribution in [1.29, 1.82) is 0 Å². The van der Waals surface area contributed by atoms with Crippen LogP contribution >= 0.6 is 0 Å². The quantitative estimate of drug-likeness (QED) is 0.396. The van der Waals surface area contributed by atoms with Gasteiger partial charge in [0.25, 0.3) is 0 Å². The second-order valence-corrected chi connectivity index (χ2v) is 4.71. The predicted molar refractivity (Wildman–Crippen MR) is 71.1 cm³/mol. The summed E-state index contributed by atoms with van der Waals surface area (Å²) in [5.41, 5.74) is -0.923. The molecule has 1 saturated carbocycles. The zero-order valence-corrected chi connectivity index (χ0v) is 11.1. The standard InChI is InChI=1S/C15H22O3/c1-3-5-6-7-10-15(11-8-9-13(15)16)14(17)18-12-4-2/h4,6-7H,2-3,5,8-12H2,1H3. The van der Waals surface area contributed by atoms with Crippen LogP contribution in [0.4, 0.5) is 0 Å². The zero-order valence-electron chi connectivity index (χ0n) is 11.1. The third kappa shape index (κ3) is 3.31. The first-order valence-electron chi connectivity index (χ1n) is 6.64. The van der Waals surface area contributed by atoms with Crippen LogP contribution in [-0.2, 0) is 14.3 Å². The summed E-state index contributed by atoms with van der Waals surface area (Å²) in [7, 11) is 0. The van der Waals surface area contributed by atoms with E-state index in [1.54, 1.807) is 0 Å². The first-order chi connectivity index (χ1) is 8.67. The number of ketones is 1. The highest BCUT2D eigenvalue weighted by Gasteiger charge is 2.48. The summed E-state index contributed by atoms with van der Waals surface area (Å²) in [6, 6.07) is 0. The molecule has 0 aromatic carbocycles. The van der Waals surface area contributed by atoms with Gasteiger partial charge in [-0.15, -0.1) is 0 Å². The number of carbonyl (C=O) groups is 2. The van der Waals surface area contributed by atoms with Crippen LogP contribution in [0.5, 0.6) is 0 Å². The first kappa shape index (κ1) is 14.7. The van der Waals surface area contributed by atoms with Gasteiger partial charge >= 0.3 is 5.97 Å². The second kappa shape index (κ2) is 7.14. The third-order valence-corrected chi connectivity index (χ3v) is 3.35. The van der Waals surface area contributed by atoms with Crippen molar-refractivity contribution in [3.63, 3.8) is 0 Å². The number of ether oxygens (including phenoxy) is 1. The summed E-state index contributed by atoms with van der Waals surface area (Å²) in [6.45, 7) is 5.78. The van der Waals surface area contributed by atoms with Gasteiger partial charge in [0.05, 0.1) is 0 Å². The van der Waals surface area contributed by atoms with Crippen LogP contribution < -0.4 is 0 Å². The smallest absolute Gasteiger partial charge is 0.320 e. The zero-order chi connectivity index (χ0) is 13.4. The van der Waals surface area contributed by atoms with E-state index in [0.29, 0.717) is 19.3 Å². The Labute approximate surface area is 109 Å². The molecule has 18 heavy (non-hydrogen) atoms. The minimum atomic E-state index is -0.923. The Balaban J connectivity index is 2.72. The van der Waals surface area contributed by atoms with Crippen LogP contribution in [0.25, 0.3) is 0 Å². The highest BCUT2D eigenvalue weighted by Crippen LogP contribution is 2.39. The molecule has 3 heteroatoms. The summed E-state index contributed by atoms with van der Waals surface area (Å²) < 4.78 is 5.09. The predicted octanol–water partition coefficient (Wildman–Crippen LogP) is 3.20. The number of hydrogen-bond donors (Lipinski definition) is 0. The Hall–Kier alpha value is -1.38. The van der Waals surface area contributed by atoms with Crippen LogP contribution in [0.15, 0.2) is 24.8 Å². The summed E-state index contributed by atoms with van der Waals surface area (Å²) in [4.78, 5) is 24.1. The van der Waals surface area contributed by atoms with Crippen molar-refractivity contribution in [2.45, 2.75) is 45.4 Å². The second-order valence-electron chi connectivity index (χ2n) is 4.71. The Morgan fingerprint density at radius 2 is 2.28 bits per heavy atom. The molecule has 0 heterocycles. The fourth-order valence-corrected chi connectivity index (χ4v) is 2.29. The van der Waals surface area contributed by atoms with Crippen molar-refractivity contribution in [3.8, 4) is 0 Å². The van der Waals surface area contributed by atoms with Gasteiger partial charge in [0.2, 0.25) is 0 Å². The van der Waals surface area contributed by atoms with Gasteiger partial charge in [-0.05, 0) is 25.7 Å². The molecular formula is C15H22O3. The summed E-state index contributed by atoms with van der Waals surface area (Å²) in [5.74, 6) is -0.358. The summed E-state index contributed by atoms with van der Waals surface area (Å²) >= 11 is 0. The van der Waals surface area contributed by atoms with Gasteiger partial charge in [-0.25, -0.2) is 0 Å². The van der Waals surface area contributed by atoms with Gasteiger partial charge in [-0.1, -0.05) is 38.2 Å². The maximum Gasteiger partial charge on any atom is 0.320 e. The van der Waals surface area contributed by atoms with Crippen molar-refractivity contribution < 1.29 is 14.3 Å². The first-order valence-corrected chi connectivity index (χ1v) is 6.64. The molecule has 100 valence electrons. The van der Waals surface area contributed by atoms with Gasteiger partial charge in [-0.3, -0.25) is 9.59 Å². The maximum absolute atomic E-state index is 12.1. The van der Waals surface area contributed by atoms with Crippen LogP contribution in [-0.4, -0.2) is 18.4 Å². The molecule has 1 aliphatic rings. The Morgan fingerprint density at radius 1 is 1.50 bits per heavy atom. The molecule has 0 radical (unpaired) electrons. The van der Waals surface area contributed by atoms with Crippen LogP contribution in [0.3, 0.4) is 0 Å². The Kier molecular flexibility index (Phi) is 5.83. The highest BCUT2D eigenvalue weighted by molar-refractivity contribution is 6.05. The van der Waals surface area contributed by atoms with Crippen LogP contribution in [0, 0.1) is 5.41 Å². The van der Waals surface area contributed by atoms with Crippen molar-refractivity contribution in [3.05, 3.63) is 24.8 Å². The molecular weight excluding hydrogens is 228 g/mol. The van der Waals surface area contributed by atoms with E-state index in [1.807, 2.05) is 12.2 Å². The van der Waals surface area contributed by atoms with E-state index in [4.69, 9.17) is 4.74 Å². The average Bonchev–Trinajstić information content (AvgIpc) is 2.74. The fourth-order valence-electron chi connectivity index (χ4n) is 2.29. The normalized spacial score (nSPS) is 23.5. The molecule has 1 aliphatic carbocycles. The molecule has 1 rings (SSSR count). The van der Waals surface area contributed by atoms with E-state index in [9.17, 15) is 9.59 Å². The lowest BCUT2D eigenvalue weighted by Crippen LogP contribution is -2.36. The number of rotatable bonds is 7. The Morgan fingerprint density at radius 3 is 2.83 bits per heavy atom. The lowest BCUT2D eigenvalue weighted by molar-refractivity contribution is -0.157. The minimum Gasteiger partial charge on any atom is -0.461 e. The molecule has 0 aromatic heterocycles. The molecule has 0 N–H and O–H groups in total. The monoisotopic (exact) mass is 250 g/mol. The van der Waals surface area contributed by atoms with Gasteiger partial charge in [0.15, 0.2) is 5.78 Å². The molecule has 0 spiro atoms. The highest BCUT2D eigenvalue weighted by atomic mass is 16.5. The fraction of sp³-hybridized carbons (Fsp3) is 0.600. The molecule has 0 aromatic rings.